The Morgan fingerprint density at radius 3 is 2.06 bits per heavy atom. The molecule has 3 N–H and O–H groups in total. The molecule has 2 amide bonds. The van der Waals surface area contributed by atoms with E-state index in [1.165, 1.54) is 0 Å². The van der Waals surface area contributed by atoms with E-state index in [1.807, 2.05) is 11.8 Å². The fraction of sp³-hybridized carbons (Fsp3) is 0.800. The summed E-state index contributed by atoms with van der Waals surface area (Å²) in [5.41, 5.74) is 5.12. The molecule has 0 radical (unpaired) electrons. The van der Waals surface area contributed by atoms with Crippen LogP contribution in [0.5, 0.6) is 0 Å². The van der Waals surface area contributed by atoms with Gasteiger partial charge in [-0.15, -0.1) is 0 Å². The third-order valence-electron chi connectivity index (χ3n) is 2.59. The van der Waals surface area contributed by atoms with E-state index in [1.54, 1.807) is 0 Å². The molecule has 0 saturated carbocycles. The number of amides is 2. The highest BCUT2D eigenvalue weighted by Gasteiger charge is 2.19. The normalized spacial score (nSPS) is 18.3. The number of nitrogens with two attached hydrogens (primary N) is 1. The molecule has 1 heterocycles. The van der Waals surface area contributed by atoms with Gasteiger partial charge >= 0.3 is 0 Å². The summed E-state index contributed by atoms with van der Waals surface area (Å²) in [6, 6.07) is 0. The molecule has 0 aromatic heterocycles. The van der Waals surface area contributed by atoms with Crippen LogP contribution in [0.3, 0.4) is 0 Å². The predicted molar refractivity (Wildman–Crippen MR) is 60.8 cm³/mol. The van der Waals surface area contributed by atoms with Gasteiger partial charge in [-0.1, -0.05) is 0 Å². The molecule has 0 aromatic carbocycles. The lowest BCUT2D eigenvalue weighted by atomic mass is 10.3. The third-order valence-corrected chi connectivity index (χ3v) is 2.59. The van der Waals surface area contributed by atoms with Gasteiger partial charge in [0, 0.05) is 32.7 Å². The van der Waals surface area contributed by atoms with Crippen molar-refractivity contribution in [2.24, 2.45) is 5.73 Å². The smallest absolute Gasteiger partial charge is 0.234 e. The number of rotatable bonds is 5. The van der Waals surface area contributed by atoms with Crippen LogP contribution >= 0.6 is 0 Å². The largest absolute Gasteiger partial charge is 0.369 e. The predicted octanol–water partition coefficient (Wildman–Crippen LogP) is -1.77. The summed E-state index contributed by atoms with van der Waals surface area (Å²) in [5.74, 6) is -0.233. The van der Waals surface area contributed by atoms with Gasteiger partial charge in [0.2, 0.25) is 11.8 Å². The van der Waals surface area contributed by atoms with Crippen molar-refractivity contribution in [3.05, 3.63) is 0 Å². The number of primary amides is 1. The second-order valence-electron chi connectivity index (χ2n) is 3.97. The Labute approximate surface area is 95.8 Å². The number of piperazine rings is 1. The molecule has 1 fully saturated rings. The van der Waals surface area contributed by atoms with Crippen molar-refractivity contribution in [3.8, 4) is 0 Å². The molecule has 0 unspecified atom stereocenters. The van der Waals surface area contributed by atoms with Crippen LogP contribution in [0.2, 0.25) is 0 Å². The minimum absolute atomic E-state index is 0.0610. The Morgan fingerprint density at radius 2 is 1.62 bits per heavy atom. The average Bonchev–Trinajstić information content (AvgIpc) is 2.20. The van der Waals surface area contributed by atoms with E-state index < -0.39 is 0 Å². The summed E-state index contributed by atoms with van der Waals surface area (Å²) in [4.78, 5) is 26.1. The lowest BCUT2D eigenvalue weighted by Crippen LogP contribution is -2.51. The number of nitrogens with zero attached hydrogens (tertiary/aromatic N) is 2. The number of carbonyl (C=O) groups is 2. The number of hydrogen-bond acceptors (Lipinski definition) is 4. The van der Waals surface area contributed by atoms with Crippen molar-refractivity contribution in [3.63, 3.8) is 0 Å². The lowest BCUT2D eigenvalue weighted by Gasteiger charge is -2.33. The second-order valence-corrected chi connectivity index (χ2v) is 3.97. The molecule has 0 spiro atoms. The number of carbonyl (C=O) groups excluding carboxylic acids is 2. The zero-order valence-electron chi connectivity index (χ0n) is 9.74. The minimum Gasteiger partial charge on any atom is -0.369 e. The van der Waals surface area contributed by atoms with Gasteiger partial charge in [-0.25, -0.2) is 0 Å². The van der Waals surface area contributed by atoms with Crippen molar-refractivity contribution in [2.75, 3.05) is 45.8 Å². The standard InChI is InChI=1S/C10H20N4O2/c1-2-12-10(16)8-14-5-3-13(4-6-14)7-9(11)15/h2-8H2,1H3,(H2,11,15)(H,12,16). The molecule has 0 aromatic rings. The summed E-state index contributed by atoms with van der Waals surface area (Å²) in [6.07, 6.45) is 0. The van der Waals surface area contributed by atoms with E-state index in [9.17, 15) is 9.59 Å². The third kappa shape index (κ3) is 4.59. The van der Waals surface area contributed by atoms with Crippen LogP contribution in [-0.2, 0) is 9.59 Å². The number of likely N-dealkylation sites (N-methyl/N-ethyl adjacent to an activating group) is 1. The summed E-state index contributed by atoms with van der Waals surface area (Å²) in [7, 11) is 0. The maximum Gasteiger partial charge on any atom is 0.234 e. The SMILES string of the molecule is CCNC(=O)CN1CCN(CC(N)=O)CC1. The summed E-state index contributed by atoms with van der Waals surface area (Å²) in [6.45, 7) is 6.54. The highest BCUT2D eigenvalue weighted by Crippen LogP contribution is 2.00. The van der Waals surface area contributed by atoms with Gasteiger partial charge in [0.05, 0.1) is 13.1 Å². The maximum atomic E-state index is 11.3. The Kier molecular flexibility index (Phi) is 5.21. The average molecular weight is 228 g/mol. The van der Waals surface area contributed by atoms with Crippen LogP contribution in [0.4, 0.5) is 0 Å². The van der Waals surface area contributed by atoms with Gasteiger partial charge in [-0.05, 0) is 6.92 Å². The van der Waals surface area contributed by atoms with Crippen LogP contribution < -0.4 is 11.1 Å². The molecule has 1 aliphatic heterocycles. The first kappa shape index (κ1) is 12.9. The van der Waals surface area contributed by atoms with Gasteiger partial charge in [0.1, 0.15) is 0 Å². The minimum atomic E-state index is -0.294. The highest BCUT2D eigenvalue weighted by molar-refractivity contribution is 5.78. The Morgan fingerprint density at radius 1 is 1.12 bits per heavy atom. The molecule has 0 aliphatic carbocycles. The lowest BCUT2D eigenvalue weighted by molar-refractivity contribution is -0.123. The first-order chi connectivity index (χ1) is 7.61. The van der Waals surface area contributed by atoms with E-state index in [2.05, 4.69) is 10.2 Å². The zero-order chi connectivity index (χ0) is 12.0. The number of nitrogens with one attached hydrogen (secondary N) is 1. The Balaban J connectivity index is 2.21. The Hall–Kier alpha value is -1.14. The molecule has 1 rings (SSSR count). The van der Waals surface area contributed by atoms with Crippen LogP contribution in [0, 0.1) is 0 Å². The van der Waals surface area contributed by atoms with E-state index in [-0.39, 0.29) is 11.8 Å². The first-order valence-corrected chi connectivity index (χ1v) is 5.61. The fourth-order valence-corrected chi connectivity index (χ4v) is 1.78. The van der Waals surface area contributed by atoms with Crippen LogP contribution in [0.1, 0.15) is 6.92 Å². The zero-order valence-corrected chi connectivity index (χ0v) is 9.74. The van der Waals surface area contributed by atoms with E-state index in [4.69, 9.17) is 5.73 Å². The van der Waals surface area contributed by atoms with Crippen LogP contribution in [0.15, 0.2) is 0 Å². The molecule has 92 valence electrons. The van der Waals surface area contributed by atoms with Gasteiger partial charge in [-0.2, -0.15) is 0 Å². The monoisotopic (exact) mass is 228 g/mol. The van der Waals surface area contributed by atoms with Crippen LogP contribution in [-0.4, -0.2) is 67.4 Å². The van der Waals surface area contributed by atoms with Crippen LogP contribution in [0.25, 0.3) is 0 Å². The van der Waals surface area contributed by atoms with Gasteiger partial charge in [-0.3, -0.25) is 19.4 Å². The molecule has 1 aliphatic rings. The fourth-order valence-electron chi connectivity index (χ4n) is 1.78. The van der Waals surface area contributed by atoms with Gasteiger partial charge < -0.3 is 11.1 Å². The first-order valence-electron chi connectivity index (χ1n) is 5.61. The molecule has 0 bridgehead atoms. The van der Waals surface area contributed by atoms with Crippen molar-refractivity contribution < 1.29 is 9.59 Å². The molecule has 0 atom stereocenters. The maximum absolute atomic E-state index is 11.3. The van der Waals surface area contributed by atoms with Gasteiger partial charge in [0.15, 0.2) is 0 Å². The topological polar surface area (TPSA) is 78.7 Å². The quantitative estimate of drug-likeness (QED) is 0.583. The molecule has 16 heavy (non-hydrogen) atoms. The van der Waals surface area contributed by atoms with Crippen molar-refractivity contribution >= 4 is 11.8 Å². The number of hydrogen-bond donors (Lipinski definition) is 2. The van der Waals surface area contributed by atoms with E-state index in [0.29, 0.717) is 19.6 Å². The Bertz CT molecular complexity index is 249. The van der Waals surface area contributed by atoms with Gasteiger partial charge in [0.25, 0.3) is 0 Å². The molecule has 6 heteroatoms. The summed E-state index contributed by atoms with van der Waals surface area (Å²) in [5, 5.41) is 2.77. The summed E-state index contributed by atoms with van der Waals surface area (Å²) >= 11 is 0. The van der Waals surface area contributed by atoms with E-state index >= 15 is 0 Å². The van der Waals surface area contributed by atoms with Crippen molar-refractivity contribution in [2.45, 2.75) is 6.92 Å². The summed E-state index contributed by atoms with van der Waals surface area (Å²) < 4.78 is 0. The van der Waals surface area contributed by atoms with E-state index in [0.717, 1.165) is 26.2 Å². The molecule has 6 nitrogen and oxygen atoms in total. The van der Waals surface area contributed by atoms with Crippen molar-refractivity contribution in [1.82, 2.24) is 15.1 Å². The molecule has 1 saturated heterocycles. The second kappa shape index (κ2) is 6.44. The molecular weight excluding hydrogens is 208 g/mol. The highest BCUT2D eigenvalue weighted by atomic mass is 16.2. The molecular formula is C10H20N4O2. The van der Waals surface area contributed by atoms with Crippen molar-refractivity contribution in [1.29, 1.82) is 0 Å².